The van der Waals surface area contributed by atoms with Crippen molar-refractivity contribution in [1.29, 1.82) is 0 Å². The molecule has 0 fully saturated rings. The SMILES string of the molecule is [CH2]C(N)CS(=O)(=O)O. The quantitative estimate of drug-likeness (QED) is 0.481. The van der Waals surface area contributed by atoms with E-state index in [9.17, 15) is 8.42 Å². The summed E-state index contributed by atoms with van der Waals surface area (Å²) in [7, 11) is -3.91. The van der Waals surface area contributed by atoms with Gasteiger partial charge in [0, 0.05) is 6.04 Å². The third-order valence-electron chi connectivity index (χ3n) is 0.425. The Morgan fingerprint density at radius 1 is 1.75 bits per heavy atom. The molecule has 5 heteroatoms. The molecule has 1 radical (unpaired) electrons. The molecule has 0 aromatic rings. The number of hydrogen-bond acceptors (Lipinski definition) is 3. The Hall–Kier alpha value is -0.130. The molecule has 0 aromatic carbocycles. The predicted molar refractivity (Wildman–Crippen MR) is 29.7 cm³/mol. The molecule has 0 heterocycles. The largest absolute Gasteiger partial charge is 0.327 e. The monoisotopic (exact) mass is 138 g/mol. The summed E-state index contributed by atoms with van der Waals surface area (Å²) in [5.41, 5.74) is 4.93. The van der Waals surface area contributed by atoms with Crippen LogP contribution in [0.5, 0.6) is 0 Å². The van der Waals surface area contributed by atoms with Crippen LogP contribution >= 0.6 is 0 Å². The van der Waals surface area contributed by atoms with E-state index in [4.69, 9.17) is 10.3 Å². The molecular weight excluding hydrogens is 130 g/mol. The van der Waals surface area contributed by atoms with Gasteiger partial charge in [-0.1, -0.05) is 0 Å². The standard InChI is InChI=1S/C3H8NO3S/c1-3(4)2-8(5,6)7/h3H,1-2,4H2,(H,5,6,7). The van der Waals surface area contributed by atoms with Gasteiger partial charge >= 0.3 is 0 Å². The molecule has 0 aromatic heterocycles. The molecule has 0 bridgehead atoms. The van der Waals surface area contributed by atoms with E-state index in [1.165, 1.54) is 0 Å². The van der Waals surface area contributed by atoms with Crippen molar-refractivity contribution < 1.29 is 13.0 Å². The summed E-state index contributed by atoms with van der Waals surface area (Å²) in [6, 6.07) is -0.745. The van der Waals surface area contributed by atoms with Gasteiger partial charge in [-0.2, -0.15) is 8.42 Å². The van der Waals surface area contributed by atoms with Gasteiger partial charge < -0.3 is 5.73 Å². The van der Waals surface area contributed by atoms with Gasteiger partial charge in [-0.15, -0.1) is 0 Å². The van der Waals surface area contributed by atoms with Crippen molar-refractivity contribution in [1.82, 2.24) is 0 Å². The summed E-state index contributed by atoms with van der Waals surface area (Å²) in [5.74, 6) is -0.479. The van der Waals surface area contributed by atoms with Crippen LogP contribution in [0.25, 0.3) is 0 Å². The highest BCUT2D eigenvalue weighted by atomic mass is 32.2. The highest BCUT2D eigenvalue weighted by molar-refractivity contribution is 7.85. The van der Waals surface area contributed by atoms with Crippen LogP contribution in [0.2, 0.25) is 0 Å². The summed E-state index contributed by atoms with van der Waals surface area (Å²) in [5, 5.41) is 0. The molecule has 1 unspecified atom stereocenters. The number of rotatable bonds is 2. The third kappa shape index (κ3) is 5.87. The Labute approximate surface area is 48.4 Å². The first-order valence-electron chi connectivity index (χ1n) is 1.95. The molecule has 0 spiro atoms. The summed E-state index contributed by atoms with van der Waals surface area (Å²) in [4.78, 5) is 0. The van der Waals surface area contributed by atoms with Crippen LogP contribution in [-0.4, -0.2) is 24.8 Å². The first kappa shape index (κ1) is 7.87. The van der Waals surface area contributed by atoms with Gasteiger partial charge in [0.25, 0.3) is 10.1 Å². The van der Waals surface area contributed by atoms with Crippen molar-refractivity contribution in [3.63, 3.8) is 0 Å². The molecular formula is C3H8NO3S. The summed E-state index contributed by atoms with van der Waals surface area (Å²) < 4.78 is 27.8. The highest BCUT2D eigenvalue weighted by Gasteiger charge is 2.06. The molecule has 49 valence electrons. The Morgan fingerprint density at radius 2 is 2.12 bits per heavy atom. The van der Waals surface area contributed by atoms with Gasteiger partial charge in [-0.25, -0.2) is 0 Å². The van der Waals surface area contributed by atoms with E-state index in [-0.39, 0.29) is 0 Å². The van der Waals surface area contributed by atoms with E-state index in [0.29, 0.717) is 0 Å². The first-order valence-corrected chi connectivity index (χ1v) is 3.56. The van der Waals surface area contributed by atoms with Gasteiger partial charge in [0.05, 0.1) is 5.75 Å². The second kappa shape index (κ2) is 2.43. The second-order valence-corrected chi connectivity index (χ2v) is 3.01. The average Bonchev–Trinajstić information content (AvgIpc) is 1.21. The zero-order valence-corrected chi connectivity index (χ0v) is 5.06. The van der Waals surface area contributed by atoms with Crippen LogP contribution in [0, 0.1) is 6.92 Å². The fraction of sp³-hybridized carbons (Fsp3) is 0.667. The smallest absolute Gasteiger partial charge is 0.266 e. The molecule has 0 rings (SSSR count). The molecule has 3 N–H and O–H groups in total. The van der Waals surface area contributed by atoms with Crippen molar-refractivity contribution in [2.75, 3.05) is 5.75 Å². The molecule has 0 amide bonds. The fourth-order valence-corrected chi connectivity index (χ4v) is 0.812. The normalized spacial score (nSPS) is 15.9. The van der Waals surface area contributed by atoms with Crippen molar-refractivity contribution in [2.45, 2.75) is 6.04 Å². The Bertz CT molecular complexity index is 148. The van der Waals surface area contributed by atoms with Crippen molar-refractivity contribution in [2.24, 2.45) is 5.73 Å². The minimum Gasteiger partial charge on any atom is -0.327 e. The third-order valence-corrected chi connectivity index (χ3v) is 1.27. The predicted octanol–water partition coefficient (Wildman–Crippen LogP) is -0.964. The van der Waals surface area contributed by atoms with Gasteiger partial charge in [0.15, 0.2) is 0 Å². The van der Waals surface area contributed by atoms with Gasteiger partial charge in [-0.05, 0) is 6.92 Å². The lowest BCUT2D eigenvalue weighted by atomic mass is 10.4. The number of hydrogen-bond donors (Lipinski definition) is 2. The van der Waals surface area contributed by atoms with Crippen LogP contribution in [0.15, 0.2) is 0 Å². The van der Waals surface area contributed by atoms with Crippen LogP contribution < -0.4 is 5.73 Å². The maximum absolute atomic E-state index is 9.88. The lowest BCUT2D eigenvalue weighted by molar-refractivity contribution is 0.480. The van der Waals surface area contributed by atoms with Crippen LogP contribution in [0.3, 0.4) is 0 Å². The molecule has 0 saturated heterocycles. The van der Waals surface area contributed by atoms with E-state index in [0.717, 1.165) is 0 Å². The van der Waals surface area contributed by atoms with E-state index in [2.05, 4.69) is 6.92 Å². The molecule has 0 saturated carbocycles. The molecule has 0 aliphatic carbocycles. The summed E-state index contributed by atoms with van der Waals surface area (Å²) in [6.07, 6.45) is 0. The Balaban J connectivity index is 3.75. The molecule has 1 atom stereocenters. The van der Waals surface area contributed by atoms with Gasteiger partial charge in [0.1, 0.15) is 0 Å². The van der Waals surface area contributed by atoms with Crippen LogP contribution in [0.1, 0.15) is 0 Å². The molecule has 4 nitrogen and oxygen atoms in total. The average molecular weight is 138 g/mol. The van der Waals surface area contributed by atoms with E-state index in [1.54, 1.807) is 0 Å². The lowest BCUT2D eigenvalue weighted by Gasteiger charge is -1.97. The van der Waals surface area contributed by atoms with E-state index >= 15 is 0 Å². The van der Waals surface area contributed by atoms with Crippen LogP contribution in [-0.2, 0) is 10.1 Å². The van der Waals surface area contributed by atoms with E-state index in [1.807, 2.05) is 0 Å². The maximum atomic E-state index is 9.88. The molecule has 8 heavy (non-hydrogen) atoms. The zero-order chi connectivity index (χ0) is 6.78. The maximum Gasteiger partial charge on any atom is 0.266 e. The van der Waals surface area contributed by atoms with E-state index < -0.39 is 21.9 Å². The minimum absolute atomic E-state index is 0.479. The van der Waals surface area contributed by atoms with Crippen LogP contribution in [0.4, 0.5) is 0 Å². The van der Waals surface area contributed by atoms with Gasteiger partial charge in [-0.3, -0.25) is 4.55 Å². The first-order chi connectivity index (χ1) is 3.42. The summed E-state index contributed by atoms with van der Waals surface area (Å²) in [6.45, 7) is 3.16. The minimum atomic E-state index is -3.91. The van der Waals surface area contributed by atoms with Crippen molar-refractivity contribution >= 4 is 10.1 Å². The van der Waals surface area contributed by atoms with Crippen molar-refractivity contribution in [3.05, 3.63) is 6.92 Å². The van der Waals surface area contributed by atoms with Gasteiger partial charge in [0.2, 0.25) is 0 Å². The number of nitrogens with two attached hydrogens (primary N) is 1. The summed E-state index contributed by atoms with van der Waals surface area (Å²) >= 11 is 0. The Kier molecular flexibility index (Phi) is 2.39. The Morgan fingerprint density at radius 3 is 2.12 bits per heavy atom. The lowest BCUT2D eigenvalue weighted by Crippen LogP contribution is -2.25. The molecule has 0 aliphatic heterocycles. The zero-order valence-electron chi connectivity index (χ0n) is 4.24. The molecule has 0 aliphatic rings. The fourth-order valence-electron chi connectivity index (χ4n) is 0.271. The van der Waals surface area contributed by atoms with Crippen molar-refractivity contribution in [3.8, 4) is 0 Å². The highest BCUT2D eigenvalue weighted by Crippen LogP contribution is 1.83. The topological polar surface area (TPSA) is 80.4 Å². The second-order valence-electron chi connectivity index (χ2n) is 1.51.